The Bertz CT molecular complexity index is 966. The maximum Gasteiger partial charge on any atom is 0.190 e. The van der Waals surface area contributed by atoms with E-state index in [1.54, 1.807) is 30.4 Å². The third-order valence-electron chi connectivity index (χ3n) is 3.75. The lowest BCUT2D eigenvalue weighted by atomic mass is 10.1. The zero-order valence-electron chi connectivity index (χ0n) is 13.8. The summed E-state index contributed by atoms with van der Waals surface area (Å²) in [5.74, 6) is 0.0504. The van der Waals surface area contributed by atoms with Crippen molar-refractivity contribution in [3.05, 3.63) is 82.0 Å². The molecule has 1 aromatic heterocycles. The van der Waals surface area contributed by atoms with Gasteiger partial charge in [-0.3, -0.25) is 4.79 Å². The van der Waals surface area contributed by atoms with Crippen LogP contribution in [-0.4, -0.2) is 10.4 Å². The quantitative estimate of drug-likeness (QED) is 0.433. The van der Waals surface area contributed by atoms with Gasteiger partial charge in [-0.1, -0.05) is 29.8 Å². The molecular weight excluding hydrogens is 352 g/mol. The van der Waals surface area contributed by atoms with E-state index in [2.05, 4.69) is 16.5 Å². The molecule has 1 heterocycles. The largest absolute Gasteiger partial charge is 0.313 e. The fourth-order valence-electron chi connectivity index (χ4n) is 2.46. The van der Waals surface area contributed by atoms with Gasteiger partial charge in [0.1, 0.15) is 0 Å². The molecular formula is C20H17ClN2OS. The molecule has 0 saturated heterocycles. The minimum absolute atomic E-state index is 0.0504. The van der Waals surface area contributed by atoms with Crippen LogP contribution < -0.4 is 4.80 Å². The van der Waals surface area contributed by atoms with Gasteiger partial charge < -0.3 is 4.57 Å². The van der Waals surface area contributed by atoms with E-state index in [0.717, 1.165) is 21.7 Å². The van der Waals surface area contributed by atoms with Crippen molar-refractivity contribution in [1.82, 2.24) is 4.57 Å². The molecule has 0 fully saturated rings. The molecule has 3 rings (SSSR count). The van der Waals surface area contributed by atoms with Gasteiger partial charge in [0, 0.05) is 22.5 Å². The maximum atomic E-state index is 11.4. The number of rotatable bonds is 5. The van der Waals surface area contributed by atoms with Crippen molar-refractivity contribution in [2.75, 3.05) is 0 Å². The first-order valence-electron chi connectivity index (χ1n) is 7.79. The lowest BCUT2D eigenvalue weighted by molar-refractivity contribution is 0.101. The molecule has 0 aliphatic heterocycles. The lowest BCUT2D eigenvalue weighted by Crippen LogP contribution is -2.14. The maximum absolute atomic E-state index is 11.4. The molecule has 5 heteroatoms. The fourth-order valence-corrected chi connectivity index (χ4v) is 3.52. The van der Waals surface area contributed by atoms with Gasteiger partial charge in [0.25, 0.3) is 0 Å². The van der Waals surface area contributed by atoms with Crippen LogP contribution in [0.1, 0.15) is 17.3 Å². The second-order valence-electron chi connectivity index (χ2n) is 5.52. The third-order valence-corrected chi connectivity index (χ3v) is 4.86. The van der Waals surface area contributed by atoms with Gasteiger partial charge in [-0.2, -0.15) is 0 Å². The van der Waals surface area contributed by atoms with Crippen LogP contribution in [0.5, 0.6) is 0 Å². The average molecular weight is 369 g/mol. The SMILES string of the molecule is C=CCn1c(-c2ccc(Cl)cc2)csc1=Nc1ccc(C(C)=O)cc1. The number of thiazole rings is 1. The van der Waals surface area contributed by atoms with Crippen LogP contribution in [0.4, 0.5) is 5.69 Å². The first kappa shape index (κ1) is 17.4. The van der Waals surface area contributed by atoms with E-state index in [9.17, 15) is 4.79 Å². The van der Waals surface area contributed by atoms with Gasteiger partial charge >= 0.3 is 0 Å². The van der Waals surface area contributed by atoms with Gasteiger partial charge in [0.05, 0.1) is 11.4 Å². The Balaban J connectivity index is 2.05. The minimum Gasteiger partial charge on any atom is -0.313 e. The molecule has 2 aromatic carbocycles. The number of ketones is 1. The summed E-state index contributed by atoms with van der Waals surface area (Å²) < 4.78 is 2.11. The van der Waals surface area contributed by atoms with Crippen molar-refractivity contribution in [3.8, 4) is 11.3 Å². The standard InChI is InChI=1S/C20H17ClN2OS/c1-3-12-23-19(16-4-8-17(21)9-5-16)13-25-20(23)22-18-10-6-15(7-11-18)14(2)24/h3-11,13H,1,12H2,2H3. The number of benzene rings is 2. The smallest absolute Gasteiger partial charge is 0.190 e. The molecule has 0 bridgehead atoms. The number of carbonyl (C=O) groups is 1. The molecule has 0 radical (unpaired) electrons. The number of hydrogen-bond donors (Lipinski definition) is 0. The van der Waals surface area contributed by atoms with Crippen LogP contribution in [0.25, 0.3) is 11.3 Å². The molecule has 0 saturated carbocycles. The number of carbonyl (C=O) groups excluding carboxylic acids is 1. The van der Waals surface area contributed by atoms with Crippen LogP contribution in [0.15, 0.2) is 71.6 Å². The number of aromatic nitrogens is 1. The van der Waals surface area contributed by atoms with Crippen molar-refractivity contribution in [3.63, 3.8) is 0 Å². The van der Waals surface area contributed by atoms with E-state index in [0.29, 0.717) is 17.1 Å². The fraction of sp³-hybridized carbons (Fsp3) is 0.100. The Kier molecular flexibility index (Phi) is 5.31. The van der Waals surface area contributed by atoms with Gasteiger partial charge in [-0.15, -0.1) is 17.9 Å². The minimum atomic E-state index is 0.0504. The highest BCUT2D eigenvalue weighted by Gasteiger charge is 2.07. The molecule has 0 amide bonds. The zero-order chi connectivity index (χ0) is 17.8. The summed E-state index contributed by atoms with van der Waals surface area (Å²) in [6.07, 6.45) is 1.85. The molecule has 0 aliphatic rings. The van der Waals surface area contributed by atoms with Crippen molar-refractivity contribution in [2.45, 2.75) is 13.5 Å². The summed E-state index contributed by atoms with van der Waals surface area (Å²) in [5.41, 5.74) is 3.65. The number of allylic oxidation sites excluding steroid dienone is 1. The predicted molar refractivity (Wildman–Crippen MR) is 105 cm³/mol. The van der Waals surface area contributed by atoms with Gasteiger partial charge in [0.15, 0.2) is 10.6 Å². The summed E-state index contributed by atoms with van der Waals surface area (Å²) in [5, 5.41) is 2.79. The van der Waals surface area contributed by atoms with Crippen LogP contribution in [0.3, 0.4) is 0 Å². The van der Waals surface area contributed by atoms with E-state index in [4.69, 9.17) is 16.6 Å². The highest BCUT2D eigenvalue weighted by atomic mass is 35.5. The van der Waals surface area contributed by atoms with E-state index in [-0.39, 0.29) is 5.78 Å². The molecule has 3 nitrogen and oxygen atoms in total. The molecule has 25 heavy (non-hydrogen) atoms. The van der Waals surface area contributed by atoms with Crippen molar-refractivity contribution >= 4 is 34.4 Å². The van der Waals surface area contributed by atoms with Crippen LogP contribution >= 0.6 is 22.9 Å². The highest BCUT2D eigenvalue weighted by Crippen LogP contribution is 2.23. The Hall–Kier alpha value is -2.43. The summed E-state index contributed by atoms with van der Waals surface area (Å²) in [6.45, 7) is 6.06. The molecule has 0 aliphatic carbocycles. The second-order valence-corrected chi connectivity index (χ2v) is 6.80. The van der Waals surface area contributed by atoms with Crippen LogP contribution in [-0.2, 0) is 6.54 Å². The Morgan fingerprint density at radius 3 is 2.48 bits per heavy atom. The number of Topliss-reactive ketones (excluding diaryl/α,β-unsaturated/α-hetero) is 1. The number of halogens is 1. The topological polar surface area (TPSA) is 34.4 Å². The molecule has 0 atom stereocenters. The molecule has 0 N–H and O–H groups in total. The molecule has 0 spiro atoms. The van der Waals surface area contributed by atoms with Crippen LogP contribution in [0, 0.1) is 0 Å². The zero-order valence-corrected chi connectivity index (χ0v) is 15.3. The normalized spacial score (nSPS) is 11.5. The molecule has 0 unspecified atom stereocenters. The summed E-state index contributed by atoms with van der Waals surface area (Å²) >= 11 is 7.55. The van der Waals surface area contributed by atoms with E-state index in [1.165, 1.54) is 0 Å². The van der Waals surface area contributed by atoms with Crippen molar-refractivity contribution < 1.29 is 4.79 Å². The Labute approximate surface area is 155 Å². The summed E-state index contributed by atoms with van der Waals surface area (Å²) in [7, 11) is 0. The van der Waals surface area contributed by atoms with Gasteiger partial charge in [0.2, 0.25) is 0 Å². The van der Waals surface area contributed by atoms with Crippen LogP contribution in [0.2, 0.25) is 5.02 Å². The first-order chi connectivity index (χ1) is 12.1. The van der Waals surface area contributed by atoms with Crippen molar-refractivity contribution in [1.29, 1.82) is 0 Å². The second kappa shape index (κ2) is 7.64. The number of hydrogen-bond acceptors (Lipinski definition) is 3. The van der Waals surface area contributed by atoms with Crippen molar-refractivity contribution in [2.24, 2.45) is 4.99 Å². The predicted octanol–water partition coefficient (Wildman–Crippen LogP) is 5.49. The first-order valence-corrected chi connectivity index (χ1v) is 9.05. The third kappa shape index (κ3) is 3.98. The lowest BCUT2D eigenvalue weighted by Gasteiger charge is -2.06. The monoisotopic (exact) mass is 368 g/mol. The number of nitrogens with zero attached hydrogens (tertiary/aromatic N) is 2. The van der Waals surface area contributed by atoms with E-state index in [1.807, 2.05) is 42.5 Å². The highest BCUT2D eigenvalue weighted by molar-refractivity contribution is 7.07. The molecule has 126 valence electrons. The van der Waals surface area contributed by atoms with E-state index >= 15 is 0 Å². The Morgan fingerprint density at radius 1 is 1.20 bits per heavy atom. The van der Waals surface area contributed by atoms with Gasteiger partial charge in [-0.05, 0) is 48.9 Å². The molecule has 3 aromatic rings. The van der Waals surface area contributed by atoms with Gasteiger partial charge in [-0.25, -0.2) is 4.99 Å². The summed E-state index contributed by atoms with van der Waals surface area (Å²) in [6, 6.07) is 15.1. The Morgan fingerprint density at radius 2 is 1.88 bits per heavy atom. The summed E-state index contributed by atoms with van der Waals surface area (Å²) in [4.78, 5) is 17.0. The average Bonchev–Trinajstić information content (AvgIpc) is 2.99. The van der Waals surface area contributed by atoms with E-state index < -0.39 is 0 Å².